The molecule has 2 N–H and O–H groups in total. The third-order valence-electron chi connectivity index (χ3n) is 4.98. The maximum Gasteiger partial charge on any atom is 0.416 e. The molecule has 0 saturated heterocycles. The van der Waals surface area contributed by atoms with Gasteiger partial charge in [-0.05, 0) is 35.9 Å². The Labute approximate surface area is 182 Å². The lowest BCUT2D eigenvalue weighted by Gasteiger charge is -2.27. The van der Waals surface area contributed by atoms with Gasteiger partial charge in [0.05, 0.1) is 17.8 Å². The predicted molar refractivity (Wildman–Crippen MR) is 115 cm³/mol. The Hall–Kier alpha value is -3.81. The van der Waals surface area contributed by atoms with Crippen molar-refractivity contribution in [2.45, 2.75) is 18.7 Å². The normalized spacial score (nSPS) is 16.7. The Morgan fingerprint density at radius 2 is 1.75 bits per heavy atom. The van der Waals surface area contributed by atoms with Crippen LogP contribution in [-0.2, 0) is 11.0 Å². The number of nitrogens with one attached hydrogen (secondary N) is 2. The number of hydrogen-bond acceptors (Lipinski definition) is 4. The molecular formula is C24H20F3N3O2. The van der Waals surface area contributed by atoms with E-state index in [4.69, 9.17) is 4.74 Å². The maximum absolute atomic E-state index is 12.8. The fourth-order valence-electron chi connectivity index (χ4n) is 3.40. The van der Waals surface area contributed by atoms with Crippen LogP contribution in [0.25, 0.3) is 0 Å². The maximum atomic E-state index is 12.8. The Bertz CT molecular complexity index is 1130. The van der Waals surface area contributed by atoms with Crippen molar-refractivity contribution in [2.24, 2.45) is 5.10 Å². The molecule has 8 heteroatoms. The van der Waals surface area contributed by atoms with Crippen LogP contribution in [0.1, 0.15) is 29.2 Å². The molecule has 0 spiro atoms. The van der Waals surface area contributed by atoms with Gasteiger partial charge >= 0.3 is 6.18 Å². The molecule has 1 heterocycles. The van der Waals surface area contributed by atoms with Crippen LogP contribution in [0.2, 0.25) is 0 Å². The van der Waals surface area contributed by atoms with Gasteiger partial charge in [-0.3, -0.25) is 4.79 Å². The molecule has 0 fully saturated rings. The second kappa shape index (κ2) is 9.13. The quantitative estimate of drug-likeness (QED) is 0.540. The Morgan fingerprint density at radius 1 is 1.00 bits per heavy atom. The van der Waals surface area contributed by atoms with Gasteiger partial charge in [-0.1, -0.05) is 48.5 Å². The van der Waals surface area contributed by atoms with Gasteiger partial charge < -0.3 is 10.1 Å². The minimum atomic E-state index is -4.45. The zero-order valence-electron chi connectivity index (χ0n) is 16.9. The van der Waals surface area contributed by atoms with Gasteiger partial charge in [-0.25, -0.2) is 5.43 Å². The first-order valence-electron chi connectivity index (χ1n) is 9.98. The molecule has 0 saturated carbocycles. The summed E-state index contributed by atoms with van der Waals surface area (Å²) in [5.41, 5.74) is 4.34. The van der Waals surface area contributed by atoms with E-state index >= 15 is 0 Å². The van der Waals surface area contributed by atoms with Crippen molar-refractivity contribution in [1.29, 1.82) is 0 Å². The molecule has 1 amide bonds. The standard InChI is InChI=1S/C24H20F3N3O2/c25-24(26,27)17-9-6-10-18(13-17)28-15-23(31)30-29-20-14-22(16-7-2-1-3-8-16)32-21-12-5-4-11-19(20)21/h1-13,22,28H,14-15H2,(H,30,31). The highest BCUT2D eigenvalue weighted by molar-refractivity contribution is 6.04. The summed E-state index contributed by atoms with van der Waals surface area (Å²) in [6.07, 6.45) is -4.23. The Morgan fingerprint density at radius 3 is 2.53 bits per heavy atom. The molecule has 1 unspecified atom stereocenters. The Kier molecular flexibility index (Phi) is 6.11. The summed E-state index contributed by atoms with van der Waals surface area (Å²) < 4.78 is 44.6. The number of rotatable bonds is 5. The lowest BCUT2D eigenvalue weighted by atomic mass is 9.96. The van der Waals surface area contributed by atoms with E-state index in [0.29, 0.717) is 17.9 Å². The van der Waals surface area contributed by atoms with Crippen LogP contribution in [0.3, 0.4) is 0 Å². The number of benzene rings is 3. The number of anilines is 1. The third-order valence-corrected chi connectivity index (χ3v) is 4.98. The predicted octanol–water partition coefficient (Wildman–Crippen LogP) is 5.16. The minimum absolute atomic E-state index is 0.197. The summed E-state index contributed by atoms with van der Waals surface area (Å²) in [4.78, 5) is 12.3. The largest absolute Gasteiger partial charge is 0.485 e. The molecule has 32 heavy (non-hydrogen) atoms. The summed E-state index contributed by atoms with van der Waals surface area (Å²) in [5.74, 6) is 0.192. The van der Waals surface area contributed by atoms with Crippen molar-refractivity contribution in [3.63, 3.8) is 0 Å². The van der Waals surface area contributed by atoms with E-state index in [1.165, 1.54) is 12.1 Å². The summed E-state index contributed by atoms with van der Waals surface area (Å²) in [5, 5.41) is 6.98. The second-order valence-electron chi connectivity index (χ2n) is 7.24. The molecule has 5 nitrogen and oxygen atoms in total. The van der Waals surface area contributed by atoms with E-state index in [0.717, 1.165) is 23.3 Å². The average molecular weight is 439 g/mol. The summed E-state index contributed by atoms with van der Waals surface area (Å²) in [7, 11) is 0. The number of nitrogens with zero attached hydrogens (tertiary/aromatic N) is 1. The molecule has 1 aliphatic rings. The van der Waals surface area contributed by atoms with Crippen molar-refractivity contribution in [3.8, 4) is 5.75 Å². The monoisotopic (exact) mass is 439 g/mol. The minimum Gasteiger partial charge on any atom is -0.485 e. The summed E-state index contributed by atoms with van der Waals surface area (Å²) >= 11 is 0. The average Bonchev–Trinajstić information content (AvgIpc) is 2.81. The number of ether oxygens (including phenoxy) is 1. The number of carbonyl (C=O) groups is 1. The Balaban J connectivity index is 1.44. The van der Waals surface area contributed by atoms with Gasteiger partial charge in [0.15, 0.2) is 0 Å². The molecule has 0 bridgehead atoms. The van der Waals surface area contributed by atoms with Crippen molar-refractivity contribution in [3.05, 3.63) is 95.6 Å². The molecule has 0 radical (unpaired) electrons. The van der Waals surface area contributed by atoms with Crippen molar-refractivity contribution < 1.29 is 22.7 Å². The van der Waals surface area contributed by atoms with Crippen LogP contribution >= 0.6 is 0 Å². The highest BCUT2D eigenvalue weighted by Gasteiger charge is 2.30. The molecule has 164 valence electrons. The zero-order chi connectivity index (χ0) is 22.6. The molecule has 1 atom stereocenters. The van der Waals surface area contributed by atoms with Crippen LogP contribution in [0.4, 0.5) is 18.9 Å². The molecule has 3 aromatic rings. The van der Waals surface area contributed by atoms with Crippen LogP contribution in [0.5, 0.6) is 5.75 Å². The van der Waals surface area contributed by atoms with E-state index in [9.17, 15) is 18.0 Å². The van der Waals surface area contributed by atoms with Crippen LogP contribution in [-0.4, -0.2) is 18.2 Å². The first-order chi connectivity index (χ1) is 15.4. The summed E-state index contributed by atoms with van der Waals surface area (Å²) in [6.45, 7) is -0.224. The van der Waals surface area contributed by atoms with Crippen LogP contribution < -0.4 is 15.5 Å². The van der Waals surface area contributed by atoms with E-state index in [1.54, 1.807) is 0 Å². The smallest absolute Gasteiger partial charge is 0.416 e. The van der Waals surface area contributed by atoms with Gasteiger partial charge in [0.25, 0.3) is 5.91 Å². The van der Waals surface area contributed by atoms with E-state index in [-0.39, 0.29) is 18.3 Å². The van der Waals surface area contributed by atoms with Gasteiger partial charge in [0.1, 0.15) is 11.9 Å². The molecule has 3 aromatic carbocycles. The molecule has 0 aromatic heterocycles. The van der Waals surface area contributed by atoms with Crippen LogP contribution in [0, 0.1) is 0 Å². The number of amides is 1. The number of carbonyl (C=O) groups excluding carboxylic acids is 1. The van der Waals surface area contributed by atoms with Gasteiger partial charge in [0.2, 0.25) is 0 Å². The first kappa shape index (κ1) is 21.4. The topological polar surface area (TPSA) is 62.7 Å². The van der Waals surface area contributed by atoms with Crippen molar-refractivity contribution in [2.75, 3.05) is 11.9 Å². The summed E-state index contributed by atoms with van der Waals surface area (Å²) in [6, 6.07) is 21.8. The number of hydrazone groups is 1. The highest BCUT2D eigenvalue weighted by Crippen LogP contribution is 2.35. The first-order valence-corrected chi connectivity index (χ1v) is 9.98. The fourth-order valence-corrected chi connectivity index (χ4v) is 3.40. The molecular weight excluding hydrogens is 419 g/mol. The van der Waals surface area contributed by atoms with E-state index < -0.39 is 17.6 Å². The van der Waals surface area contributed by atoms with Crippen molar-refractivity contribution >= 4 is 17.3 Å². The fraction of sp³-hybridized carbons (Fsp3) is 0.167. The third kappa shape index (κ3) is 5.08. The number of hydrogen-bond donors (Lipinski definition) is 2. The van der Waals surface area contributed by atoms with Crippen molar-refractivity contribution in [1.82, 2.24) is 5.43 Å². The van der Waals surface area contributed by atoms with Gasteiger partial charge in [-0.15, -0.1) is 0 Å². The molecule has 4 rings (SSSR count). The van der Waals surface area contributed by atoms with Gasteiger partial charge in [0, 0.05) is 17.7 Å². The van der Waals surface area contributed by atoms with E-state index in [2.05, 4.69) is 15.8 Å². The number of fused-ring (bicyclic) bond motifs is 1. The number of alkyl halides is 3. The number of para-hydroxylation sites is 1. The lowest BCUT2D eigenvalue weighted by molar-refractivity contribution is -0.137. The number of halogens is 3. The van der Waals surface area contributed by atoms with E-state index in [1.807, 2.05) is 54.6 Å². The molecule has 0 aliphatic carbocycles. The highest BCUT2D eigenvalue weighted by atomic mass is 19.4. The SMILES string of the molecule is O=C(CNc1cccc(C(F)(F)F)c1)NN=C1CC(c2ccccc2)Oc2ccccc21. The zero-order valence-corrected chi connectivity index (χ0v) is 16.9. The second-order valence-corrected chi connectivity index (χ2v) is 7.24. The van der Waals surface area contributed by atoms with Crippen LogP contribution in [0.15, 0.2) is 84.0 Å². The molecule has 1 aliphatic heterocycles. The van der Waals surface area contributed by atoms with Gasteiger partial charge in [-0.2, -0.15) is 18.3 Å². The lowest BCUT2D eigenvalue weighted by Crippen LogP contribution is -2.29.